The highest BCUT2D eigenvalue weighted by atomic mass is 32.2. The highest BCUT2D eigenvalue weighted by Gasteiger charge is 2.23. The summed E-state index contributed by atoms with van der Waals surface area (Å²) >= 11 is 2.10. The number of benzene rings is 1. The van der Waals surface area contributed by atoms with Crippen LogP contribution in [0.15, 0.2) is 18.2 Å². The summed E-state index contributed by atoms with van der Waals surface area (Å²) in [6.45, 7) is 11.2. The molecule has 3 heteroatoms. The quantitative estimate of drug-likeness (QED) is 0.920. The van der Waals surface area contributed by atoms with E-state index in [2.05, 4.69) is 62.6 Å². The maximum absolute atomic E-state index is 5.88. The zero-order valence-electron chi connectivity index (χ0n) is 12.5. The molecular formula is C16H26N2S. The molecule has 3 atom stereocenters. The van der Waals surface area contributed by atoms with E-state index in [4.69, 9.17) is 5.73 Å². The first-order chi connectivity index (χ1) is 8.95. The van der Waals surface area contributed by atoms with Crippen LogP contribution in [0.25, 0.3) is 0 Å². The first-order valence-corrected chi connectivity index (χ1v) is 8.15. The minimum Gasteiger partial charge on any atom is -0.369 e. The second kappa shape index (κ2) is 6.19. The maximum atomic E-state index is 5.88. The predicted molar refractivity (Wildman–Crippen MR) is 87.3 cm³/mol. The Kier molecular flexibility index (Phi) is 4.80. The minimum absolute atomic E-state index is 0.233. The van der Waals surface area contributed by atoms with Gasteiger partial charge in [0.1, 0.15) is 0 Å². The molecule has 19 heavy (non-hydrogen) atoms. The smallest absolute Gasteiger partial charge is 0.0396 e. The van der Waals surface area contributed by atoms with Gasteiger partial charge in [-0.3, -0.25) is 0 Å². The van der Waals surface area contributed by atoms with Crippen molar-refractivity contribution in [2.75, 3.05) is 18.0 Å². The lowest BCUT2D eigenvalue weighted by atomic mass is 10.0. The van der Waals surface area contributed by atoms with Crippen LogP contribution in [0.5, 0.6) is 0 Å². The van der Waals surface area contributed by atoms with E-state index >= 15 is 0 Å². The number of thioether (sulfide) groups is 1. The van der Waals surface area contributed by atoms with E-state index in [1.165, 1.54) is 16.8 Å². The Morgan fingerprint density at radius 1 is 1.32 bits per heavy atom. The van der Waals surface area contributed by atoms with Crippen molar-refractivity contribution >= 4 is 17.4 Å². The van der Waals surface area contributed by atoms with Crippen LogP contribution < -0.4 is 10.6 Å². The molecule has 0 aliphatic carbocycles. The van der Waals surface area contributed by atoms with E-state index in [1.54, 1.807) is 0 Å². The summed E-state index contributed by atoms with van der Waals surface area (Å²) in [5.74, 6) is 0. The standard InChI is InChI=1S/C16H26N2S/c1-11-7-15(8-12(2)17)5-6-16(11)18-9-13(3)19-14(4)10-18/h5-7,12-14H,8-10,17H2,1-4H3. The zero-order valence-corrected chi connectivity index (χ0v) is 13.3. The lowest BCUT2D eigenvalue weighted by Gasteiger charge is -2.37. The van der Waals surface area contributed by atoms with E-state index < -0.39 is 0 Å². The van der Waals surface area contributed by atoms with Gasteiger partial charge >= 0.3 is 0 Å². The Balaban J connectivity index is 2.16. The molecule has 106 valence electrons. The molecule has 1 aliphatic rings. The van der Waals surface area contributed by atoms with Crippen molar-refractivity contribution in [3.05, 3.63) is 29.3 Å². The van der Waals surface area contributed by atoms with E-state index in [9.17, 15) is 0 Å². The van der Waals surface area contributed by atoms with Crippen LogP contribution in [0.3, 0.4) is 0 Å². The number of rotatable bonds is 3. The van der Waals surface area contributed by atoms with Gasteiger partial charge in [-0.2, -0.15) is 11.8 Å². The summed E-state index contributed by atoms with van der Waals surface area (Å²) < 4.78 is 0. The summed E-state index contributed by atoms with van der Waals surface area (Å²) in [5.41, 5.74) is 10.0. The third kappa shape index (κ3) is 3.90. The number of anilines is 1. The Hall–Kier alpha value is -0.670. The van der Waals surface area contributed by atoms with Gasteiger partial charge in [0.05, 0.1) is 0 Å². The molecule has 0 bridgehead atoms. The highest BCUT2D eigenvalue weighted by Crippen LogP contribution is 2.30. The largest absolute Gasteiger partial charge is 0.369 e. The third-order valence-electron chi connectivity index (χ3n) is 3.58. The Labute approximate surface area is 121 Å². The predicted octanol–water partition coefficient (Wildman–Crippen LogP) is 3.21. The minimum atomic E-state index is 0.233. The van der Waals surface area contributed by atoms with E-state index in [0.717, 1.165) is 19.5 Å². The average molecular weight is 278 g/mol. The molecule has 1 fully saturated rings. The first-order valence-electron chi connectivity index (χ1n) is 7.21. The fourth-order valence-corrected chi connectivity index (χ4v) is 4.27. The topological polar surface area (TPSA) is 29.3 Å². The molecule has 3 unspecified atom stereocenters. The molecule has 0 radical (unpaired) electrons. The monoisotopic (exact) mass is 278 g/mol. The average Bonchev–Trinajstić information content (AvgIpc) is 2.26. The number of aryl methyl sites for hydroxylation is 1. The Morgan fingerprint density at radius 2 is 1.95 bits per heavy atom. The van der Waals surface area contributed by atoms with Gasteiger partial charge in [0, 0.05) is 35.3 Å². The van der Waals surface area contributed by atoms with Crippen LogP contribution in [0.1, 0.15) is 31.9 Å². The van der Waals surface area contributed by atoms with E-state index in [0.29, 0.717) is 10.5 Å². The lowest BCUT2D eigenvalue weighted by Crippen LogP contribution is -2.40. The molecule has 0 spiro atoms. The maximum Gasteiger partial charge on any atom is 0.0396 e. The molecule has 2 rings (SSSR count). The van der Waals surface area contributed by atoms with Crippen LogP contribution in [-0.4, -0.2) is 29.6 Å². The molecule has 1 aromatic rings. The molecule has 1 aromatic carbocycles. The molecule has 1 saturated heterocycles. The second-order valence-corrected chi connectivity index (χ2v) is 7.85. The Bertz CT molecular complexity index is 421. The van der Waals surface area contributed by atoms with Crippen molar-refractivity contribution in [1.29, 1.82) is 0 Å². The molecule has 2 N–H and O–H groups in total. The summed E-state index contributed by atoms with van der Waals surface area (Å²) in [5, 5.41) is 1.43. The number of hydrogen-bond acceptors (Lipinski definition) is 3. The van der Waals surface area contributed by atoms with Gasteiger partial charge in [-0.25, -0.2) is 0 Å². The molecule has 1 heterocycles. The van der Waals surface area contributed by atoms with Crippen LogP contribution in [0, 0.1) is 6.92 Å². The molecule has 0 amide bonds. The van der Waals surface area contributed by atoms with Crippen molar-refractivity contribution in [2.45, 2.75) is 50.7 Å². The number of nitrogens with two attached hydrogens (primary N) is 1. The lowest BCUT2D eigenvalue weighted by molar-refractivity contribution is 0.722. The van der Waals surface area contributed by atoms with Crippen LogP contribution in [-0.2, 0) is 6.42 Å². The number of hydrogen-bond donors (Lipinski definition) is 1. The van der Waals surface area contributed by atoms with Gasteiger partial charge in [0.2, 0.25) is 0 Å². The zero-order chi connectivity index (χ0) is 14.0. The first kappa shape index (κ1) is 14.7. The van der Waals surface area contributed by atoms with Crippen molar-refractivity contribution in [2.24, 2.45) is 5.73 Å². The van der Waals surface area contributed by atoms with Gasteiger partial charge in [-0.05, 0) is 37.5 Å². The summed E-state index contributed by atoms with van der Waals surface area (Å²) in [4.78, 5) is 2.54. The highest BCUT2D eigenvalue weighted by molar-refractivity contribution is 8.00. The van der Waals surface area contributed by atoms with Crippen LogP contribution in [0.4, 0.5) is 5.69 Å². The van der Waals surface area contributed by atoms with Crippen molar-refractivity contribution in [3.63, 3.8) is 0 Å². The SMILES string of the molecule is Cc1cc(CC(C)N)ccc1N1CC(C)SC(C)C1. The van der Waals surface area contributed by atoms with Crippen molar-refractivity contribution < 1.29 is 0 Å². The van der Waals surface area contributed by atoms with E-state index in [1.807, 2.05) is 0 Å². The van der Waals surface area contributed by atoms with E-state index in [-0.39, 0.29) is 6.04 Å². The summed E-state index contributed by atoms with van der Waals surface area (Å²) in [7, 11) is 0. The molecule has 1 aliphatic heterocycles. The normalized spacial score (nSPS) is 25.4. The molecule has 0 saturated carbocycles. The van der Waals surface area contributed by atoms with Crippen LogP contribution >= 0.6 is 11.8 Å². The molecular weight excluding hydrogens is 252 g/mol. The van der Waals surface area contributed by atoms with Gasteiger partial charge in [-0.15, -0.1) is 0 Å². The molecule has 0 aromatic heterocycles. The third-order valence-corrected chi connectivity index (χ3v) is 4.81. The number of nitrogens with zero attached hydrogens (tertiary/aromatic N) is 1. The van der Waals surface area contributed by atoms with Gasteiger partial charge in [0.25, 0.3) is 0 Å². The van der Waals surface area contributed by atoms with Crippen molar-refractivity contribution in [3.8, 4) is 0 Å². The second-order valence-electron chi connectivity index (χ2n) is 5.96. The molecule has 2 nitrogen and oxygen atoms in total. The van der Waals surface area contributed by atoms with Gasteiger partial charge in [-0.1, -0.05) is 26.0 Å². The van der Waals surface area contributed by atoms with Crippen molar-refractivity contribution in [1.82, 2.24) is 0 Å². The van der Waals surface area contributed by atoms with Crippen LogP contribution in [0.2, 0.25) is 0 Å². The summed E-state index contributed by atoms with van der Waals surface area (Å²) in [6.07, 6.45) is 0.962. The van der Waals surface area contributed by atoms with Gasteiger partial charge < -0.3 is 10.6 Å². The Morgan fingerprint density at radius 3 is 2.47 bits per heavy atom. The summed E-state index contributed by atoms with van der Waals surface area (Å²) in [6, 6.07) is 7.05. The fraction of sp³-hybridized carbons (Fsp3) is 0.625. The van der Waals surface area contributed by atoms with Gasteiger partial charge in [0.15, 0.2) is 0 Å². The fourth-order valence-electron chi connectivity index (χ4n) is 2.95.